The van der Waals surface area contributed by atoms with Crippen molar-refractivity contribution >= 4 is 15.9 Å². The molecule has 1 saturated heterocycles. The molecule has 0 atom stereocenters. The fourth-order valence-electron chi connectivity index (χ4n) is 1.95. The maximum absolute atomic E-state index is 7.41. The highest BCUT2D eigenvalue weighted by molar-refractivity contribution is 9.10. The van der Waals surface area contributed by atoms with E-state index in [1.807, 2.05) is 24.3 Å². The molecule has 2 nitrogen and oxygen atoms in total. The van der Waals surface area contributed by atoms with Gasteiger partial charge in [0.1, 0.15) is 0 Å². The highest BCUT2D eigenvalue weighted by Crippen LogP contribution is 2.37. The molecule has 78 valence electrons. The minimum absolute atomic E-state index is 0.359. The first-order valence-electron chi connectivity index (χ1n) is 4.99. The van der Waals surface area contributed by atoms with Gasteiger partial charge in [-0.25, -0.2) is 6.57 Å². The number of halogens is 1. The second-order valence-electron chi connectivity index (χ2n) is 3.77. The van der Waals surface area contributed by atoms with Crippen molar-refractivity contribution in [2.24, 2.45) is 0 Å². The van der Waals surface area contributed by atoms with Crippen LogP contribution >= 0.6 is 15.9 Å². The van der Waals surface area contributed by atoms with Crippen molar-refractivity contribution in [3.05, 3.63) is 45.7 Å². The first-order chi connectivity index (χ1) is 7.27. The van der Waals surface area contributed by atoms with Crippen LogP contribution in [0.4, 0.5) is 0 Å². The lowest BCUT2D eigenvalue weighted by Gasteiger charge is -2.26. The van der Waals surface area contributed by atoms with Crippen LogP contribution in [-0.2, 0) is 10.3 Å². The quantitative estimate of drug-likeness (QED) is 0.710. The van der Waals surface area contributed by atoms with Crippen LogP contribution in [0, 0.1) is 6.57 Å². The summed E-state index contributed by atoms with van der Waals surface area (Å²) in [5.41, 5.74) is 0.748. The third-order valence-electron chi connectivity index (χ3n) is 2.90. The van der Waals surface area contributed by atoms with Crippen molar-refractivity contribution in [1.29, 1.82) is 0 Å². The minimum Gasteiger partial charge on any atom is -0.381 e. The van der Waals surface area contributed by atoms with E-state index in [0.717, 1.165) is 22.9 Å². The Morgan fingerprint density at radius 2 is 2.07 bits per heavy atom. The number of hydrogen-bond donors (Lipinski definition) is 0. The van der Waals surface area contributed by atoms with Gasteiger partial charge >= 0.3 is 0 Å². The van der Waals surface area contributed by atoms with Gasteiger partial charge in [-0.2, -0.15) is 0 Å². The average Bonchev–Trinajstić information content (AvgIpc) is 2.30. The molecule has 0 unspecified atom stereocenters. The molecule has 3 heteroatoms. The van der Waals surface area contributed by atoms with E-state index in [0.29, 0.717) is 13.2 Å². The number of benzene rings is 1. The molecule has 0 N–H and O–H groups in total. The molecule has 15 heavy (non-hydrogen) atoms. The van der Waals surface area contributed by atoms with Crippen LogP contribution in [0.1, 0.15) is 18.4 Å². The zero-order valence-corrected chi connectivity index (χ0v) is 9.96. The number of rotatable bonds is 1. The Bertz CT molecular complexity index is 391. The Morgan fingerprint density at radius 1 is 1.33 bits per heavy atom. The summed E-state index contributed by atoms with van der Waals surface area (Å²) in [4.78, 5) is 3.84. The van der Waals surface area contributed by atoms with Gasteiger partial charge in [0.15, 0.2) is 0 Å². The molecule has 1 aromatic rings. The van der Waals surface area contributed by atoms with Gasteiger partial charge in [0, 0.05) is 10.0 Å². The fraction of sp³-hybridized carbons (Fsp3) is 0.417. The summed E-state index contributed by atoms with van der Waals surface area (Å²) in [5.74, 6) is 0. The van der Waals surface area contributed by atoms with Crippen molar-refractivity contribution in [3.8, 4) is 0 Å². The molecule has 1 heterocycles. The highest BCUT2D eigenvalue weighted by atomic mass is 79.9. The summed E-state index contributed by atoms with van der Waals surface area (Å²) in [5, 5.41) is 0. The third-order valence-corrected chi connectivity index (χ3v) is 3.39. The van der Waals surface area contributed by atoms with Gasteiger partial charge in [0.05, 0.1) is 26.1 Å². The Balaban J connectivity index is 2.37. The van der Waals surface area contributed by atoms with Crippen molar-refractivity contribution in [3.63, 3.8) is 0 Å². The second-order valence-corrected chi connectivity index (χ2v) is 4.68. The van der Waals surface area contributed by atoms with E-state index in [4.69, 9.17) is 11.3 Å². The molecule has 0 aliphatic carbocycles. The summed E-state index contributed by atoms with van der Waals surface area (Å²) >= 11 is 3.45. The molecule has 0 saturated carbocycles. The molecule has 0 bridgehead atoms. The van der Waals surface area contributed by atoms with E-state index in [9.17, 15) is 0 Å². The van der Waals surface area contributed by atoms with Gasteiger partial charge in [-0.3, -0.25) is 0 Å². The van der Waals surface area contributed by atoms with Crippen molar-refractivity contribution in [1.82, 2.24) is 0 Å². The molecular weight excluding hydrogens is 254 g/mol. The Hall–Kier alpha value is -0.850. The Morgan fingerprint density at radius 3 is 2.67 bits per heavy atom. The van der Waals surface area contributed by atoms with Gasteiger partial charge in [0.25, 0.3) is 5.54 Å². The summed E-state index contributed by atoms with van der Waals surface area (Å²) in [7, 11) is 0. The third kappa shape index (κ3) is 2.06. The molecule has 0 radical (unpaired) electrons. The van der Waals surface area contributed by atoms with E-state index in [-0.39, 0.29) is 5.54 Å². The summed E-state index contributed by atoms with van der Waals surface area (Å²) in [6, 6.07) is 8.06. The predicted molar refractivity (Wildman–Crippen MR) is 62.5 cm³/mol. The van der Waals surface area contributed by atoms with Gasteiger partial charge in [-0.05, 0) is 12.1 Å². The van der Waals surface area contributed by atoms with Crippen LogP contribution in [-0.4, -0.2) is 13.2 Å². The predicted octanol–water partition coefficient (Wildman–Crippen LogP) is 3.37. The molecule has 2 rings (SSSR count). The lowest BCUT2D eigenvalue weighted by Crippen LogP contribution is -2.30. The summed E-state index contributed by atoms with van der Waals surface area (Å²) < 4.78 is 6.36. The van der Waals surface area contributed by atoms with E-state index in [1.54, 1.807) is 0 Å². The normalized spacial score (nSPS) is 19.5. The lowest BCUT2D eigenvalue weighted by atomic mass is 9.84. The SMILES string of the molecule is [C-]#[N+]C1(c2cccc(Br)c2)CCOCC1. The maximum Gasteiger partial charge on any atom is 0.262 e. The van der Waals surface area contributed by atoms with Gasteiger partial charge in [-0.1, -0.05) is 28.1 Å². The van der Waals surface area contributed by atoms with Crippen LogP contribution < -0.4 is 0 Å². The number of hydrogen-bond acceptors (Lipinski definition) is 1. The molecule has 0 spiro atoms. The smallest absolute Gasteiger partial charge is 0.262 e. The number of nitrogens with zero attached hydrogens (tertiary/aromatic N) is 1. The van der Waals surface area contributed by atoms with Gasteiger partial charge in [0.2, 0.25) is 0 Å². The fourth-order valence-corrected chi connectivity index (χ4v) is 2.35. The molecule has 1 aromatic carbocycles. The van der Waals surface area contributed by atoms with Gasteiger partial charge < -0.3 is 9.58 Å². The molecule has 1 aliphatic heterocycles. The van der Waals surface area contributed by atoms with E-state index in [2.05, 4.69) is 20.8 Å². The van der Waals surface area contributed by atoms with E-state index in [1.165, 1.54) is 0 Å². The van der Waals surface area contributed by atoms with E-state index >= 15 is 0 Å². The standard InChI is InChI=1S/C12H12BrNO/c1-14-12(5-7-15-8-6-12)10-3-2-4-11(13)9-10/h2-4,9H,5-8H2. The van der Waals surface area contributed by atoms with Crippen LogP contribution in [0.5, 0.6) is 0 Å². The molecule has 1 aliphatic rings. The van der Waals surface area contributed by atoms with Crippen molar-refractivity contribution in [2.45, 2.75) is 18.4 Å². The first-order valence-corrected chi connectivity index (χ1v) is 5.79. The Labute approximate surface area is 98.2 Å². The molecule has 0 aromatic heterocycles. The molecular formula is C12H12BrNO. The van der Waals surface area contributed by atoms with Crippen molar-refractivity contribution in [2.75, 3.05) is 13.2 Å². The maximum atomic E-state index is 7.41. The summed E-state index contributed by atoms with van der Waals surface area (Å²) in [6.07, 6.45) is 1.60. The van der Waals surface area contributed by atoms with Crippen LogP contribution in [0.2, 0.25) is 0 Å². The largest absolute Gasteiger partial charge is 0.381 e. The monoisotopic (exact) mass is 265 g/mol. The Kier molecular flexibility index (Phi) is 3.08. The topological polar surface area (TPSA) is 13.6 Å². The van der Waals surface area contributed by atoms with Crippen LogP contribution in [0.25, 0.3) is 4.85 Å². The lowest BCUT2D eigenvalue weighted by molar-refractivity contribution is 0.0646. The zero-order valence-electron chi connectivity index (χ0n) is 8.37. The zero-order chi connectivity index (χ0) is 10.7. The molecule has 0 amide bonds. The first kappa shape index (κ1) is 10.7. The van der Waals surface area contributed by atoms with Crippen molar-refractivity contribution < 1.29 is 4.74 Å². The minimum atomic E-state index is -0.359. The highest BCUT2D eigenvalue weighted by Gasteiger charge is 2.40. The number of ether oxygens (including phenoxy) is 1. The second kappa shape index (κ2) is 4.34. The molecule has 1 fully saturated rings. The van der Waals surface area contributed by atoms with Crippen LogP contribution in [0.3, 0.4) is 0 Å². The van der Waals surface area contributed by atoms with Gasteiger partial charge in [-0.15, -0.1) is 0 Å². The summed E-state index contributed by atoms with van der Waals surface area (Å²) in [6.45, 7) is 8.79. The van der Waals surface area contributed by atoms with E-state index < -0.39 is 0 Å². The average molecular weight is 266 g/mol. The van der Waals surface area contributed by atoms with Crippen LogP contribution in [0.15, 0.2) is 28.7 Å².